The molecule has 0 aromatic heterocycles. The zero-order valence-electron chi connectivity index (χ0n) is 12.3. The van der Waals surface area contributed by atoms with E-state index in [9.17, 15) is 27.5 Å². The second-order valence-corrected chi connectivity index (χ2v) is 5.41. The molecule has 1 atom stereocenters. The van der Waals surface area contributed by atoms with Crippen LogP contribution in [-0.4, -0.2) is 47.0 Å². The minimum atomic E-state index is -4.96. The fourth-order valence-corrected chi connectivity index (χ4v) is 2.33. The summed E-state index contributed by atoms with van der Waals surface area (Å²) in [6, 6.07) is 8.10. The smallest absolute Gasteiger partial charge is 0.382 e. The molecule has 1 aromatic rings. The molecule has 1 heterocycles. The Bertz CT molecular complexity index is 569. The molecule has 0 spiro atoms. The topological polar surface area (TPSA) is 40.5 Å². The van der Waals surface area contributed by atoms with Gasteiger partial charge in [-0.3, -0.25) is 4.79 Å². The van der Waals surface area contributed by atoms with Crippen molar-refractivity contribution in [3.8, 4) is 0 Å². The number of halogens is 4. The van der Waals surface area contributed by atoms with E-state index in [1.807, 2.05) is 0 Å². The van der Waals surface area contributed by atoms with Crippen LogP contribution in [0.5, 0.6) is 0 Å². The fraction of sp³-hybridized carbons (Fsp3) is 0.438. The molecule has 2 rings (SSSR count). The molecule has 3 nitrogen and oxygen atoms in total. The van der Waals surface area contributed by atoms with Crippen LogP contribution in [-0.2, 0) is 4.79 Å². The molecular weight excluding hydrogens is 314 g/mol. The van der Waals surface area contributed by atoms with E-state index < -0.39 is 23.9 Å². The number of aliphatic hydroxyl groups excluding tert-OH is 1. The molecule has 0 bridgehead atoms. The molecular formula is C16H17F4NO2. The van der Waals surface area contributed by atoms with Crippen LogP contribution < -0.4 is 0 Å². The highest BCUT2D eigenvalue weighted by atomic mass is 19.3. The second-order valence-electron chi connectivity index (χ2n) is 5.41. The van der Waals surface area contributed by atoms with Gasteiger partial charge in [0.1, 0.15) is 6.10 Å². The molecule has 0 saturated carbocycles. The van der Waals surface area contributed by atoms with E-state index in [0.29, 0.717) is 29.4 Å². The number of likely N-dealkylation sites (tertiary alicyclic amines) is 1. The molecule has 23 heavy (non-hydrogen) atoms. The van der Waals surface area contributed by atoms with Gasteiger partial charge >= 0.3 is 11.8 Å². The summed E-state index contributed by atoms with van der Waals surface area (Å²) in [5.41, 5.74) is 0.469. The van der Waals surface area contributed by atoms with Gasteiger partial charge < -0.3 is 10.0 Å². The van der Waals surface area contributed by atoms with Gasteiger partial charge in [0.15, 0.2) is 0 Å². The summed E-state index contributed by atoms with van der Waals surface area (Å²) in [4.78, 5) is 12.4. The lowest BCUT2D eigenvalue weighted by atomic mass is 10.0. The molecule has 1 unspecified atom stereocenters. The number of alkyl halides is 4. The molecule has 1 saturated heterocycles. The van der Waals surface area contributed by atoms with Gasteiger partial charge in [0.05, 0.1) is 0 Å². The first-order chi connectivity index (χ1) is 10.8. The van der Waals surface area contributed by atoms with Gasteiger partial charge in [-0.2, -0.15) is 17.6 Å². The number of hydrogen-bond donors (Lipinski definition) is 1. The Labute approximate surface area is 131 Å². The van der Waals surface area contributed by atoms with Crippen LogP contribution in [0.25, 0.3) is 6.08 Å². The van der Waals surface area contributed by atoms with Crippen molar-refractivity contribution < 1.29 is 27.5 Å². The third-order valence-electron chi connectivity index (χ3n) is 3.72. The number of carbonyl (C=O) groups is 1. The summed E-state index contributed by atoms with van der Waals surface area (Å²) in [5, 5.41) is 9.48. The highest BCUT2D eigenvalue weighted by Gasteiger charge is 2.66. The first kappa shape index (κ1) is 17.5. The SMILES string of the molecule is O=C(N1CCCC1)C(F)(F)C(F)(F)C(O)/C=C/c1ccccc1. The monoisotopic (exact) mass is 331 g/mol. The van der Waals surface area contributed by atoms with Crippen LogP contribution >= 0.6 is 0 Å². The van der Waals surface area contributed by atoms with E-state index in [1.165, 1.54) is 0 Å². The Morgan fingerprint density at radius 1 is 1.13 bits per heavy atom. The van der Waals surface area contributed by atoms with Gasteiger partial charge in [-0.1, -0.05) is 36.4 Å². The lowest BCUT2D eigenvalue weighted by molar-refractivity contribution is -0.241. The standard InChI is InChI=1S/C16H17F4NO2/c17-15(18,13(22)9-8-12-6-2-1-3-7-12)16(19,20)14(23)21-10-4-5-11-21/h1-3,6-9,13,22H,4-5,10-11H2/b9-8+. The fourth-order valence-electron chi connectivity index (χ4n) is 2.33. The third kappa shape index (κ3) is 3.55. The van der Waals surface area contributed by atoms with Crippen LogP contribution in [0.1, 0.15) is 18.4 Å². The van der Waals surface area contributed by atoms with Crippen molar-refractivity contribution >= 4 is 12.0 Å². The zero-order valence-corrected chi connectivity index (χ0v) is 12.3. The maximum atomic E-state index is 13.9. The third-order valence-corrected chi connectivity index (χ3v) is 3.72. The zero-order chi connectivity index (χ0) is 17.1. The van der Waals surface area contributed by atoms with Crippen molar-refractivity contribution in [1.29, 1.82) is 0 Å². The molecule has 0 aliphatic carbocycles. The number of benzene rings is 1. The van der Waals surface area contributed by atoms with Crippen LogP contribution in [0.2, 0.25) is 0 Å². The number of nitrogens with zero attached hydrogens (tertiary/aromatic N) is 1. The second kappa shape index (κ2) is 6.70. The van der Waals surface area contributed by atoms with Gasteiger partial charge in [-0.15, -0.1) is 0 Å². The van der Waals surface area contributed by atoms with Gasteiger partial charge in [-0.05, 0) is 24.5 Å². The summed E-state index contributed by atoms with van der Waals surface area (Å²) in [6.45, 7) is 0.0565. The first-order valence-electron chi connectivity index (χ1n) is 7.23. The highest BCUT2D eigenvalue weighted by Crippen LogP contribution is 2.39. The number of hydrogen-bond acceptors (Lipinski definition) is 2. The molecule has 126 valence electrons. The predicted molar refractivity (Wildman–Crippen MR) is 77.2 cm³/mol. The Hall–Kier alpha value is -1.89. The maximum Gasteiger partial charge on any atom is 0.389 e. The average molecular weight is 331 g/mol. The summed E-state index contributed by atoms with van der Waals surface area (Å²) in [5.74, 6) is -11.8. The van der Waals surface area contributed by atoms with Crippen molar-refractivity contribution in [3.63, 3.8) is 0 Å². The summed E-state index contributed by atoms with van der Waals surface area (Å²) < 4.78 is 55.6. The predicted octanol–water partition coefficient (Wildman–Crippen LogP) is 2.95. The normalized spacial score (nSPS) is 17.7. The van der Waals surface area contributed by atoms with E-state index in [-0.39, 0.29) is 13.1 Å². The molecule has 1 amide bonds. The highest BCUT2D eigenvalue weighted by molar-refractivity contribution is 5.85. The summed E-state index contributed by atoms with van der Waals surface area (Å²) >= 11 is 0. The quantitative estimate of drug-likeness (QED) is 0.843. The molecule has 1 aromatic carbocycles. The van der Waals surface area contributed by atoms with Crippen LogP contribution in [0, 0.1) is 0 Å². The van der Waals surface area contributed by atoms with Crippen LogP contribution in [0.15, 0.2) is 36.4 Å². The Morgan fingerprint density at radius 3 is 2.26 bits per heavy atom. The van der Waals surface area contributed by atoms with Gasteiger partial charge in [-0.25, -0.2) is 0 Å². The maximum absolute atomic E-state index is 13.9. The summed E-state index contributed by atoms with van der Waals surface area (Å²) in [7, 11) is 0. The van der Waals surface area contributed by atoms with E-state index in [2.05, 4.69) is 0 Å². The minimum Gasteiger partial charge on any atom is -0.382 e. The van der Waals surface area contributed by atoms with Crippen molar-refractivity contribution in [2.75, 3.05) is 13.1 Å². The van der Waals surface area contributed by atoms with Crippen molar-refractivity contribution in [2.24, 2.45) is 0 Å². The van der Waals surface area contributed by atoms with Crippen molar-refractivity contribution in [1.82, 2.24) is 4.90 Å². The molecule has 1 aliphatic heterocycles. The average Bonchev–Trinajstić information content (AvgIpc) is 3.06. The lowest BCUT2D eigenvalue weighted by Gasteiger charge is -2.30. The van der Waals surface area contributed by atoms with Crippen molar-refractivity contribution in [3.05, 3.63) is 42.0 Å². The molecule has 0 radical (unpaired) electrons. The van der Waals surface area contributed by atoms with Crippen LogP contribution in [0.4, 0.5) is 17.6 Å². The molecule has 7 heteroatoms. The van der Waals surface area contributed by atoms with Crippen LogP contribution in [0.3, 0.4) is 0 Å². The molecule has 1 fully saturated rings. The number of carbonyl (C=O) groups excluding carboxylic acids is 1. The van der Waals surface area contributed by atoms with E-state index in [0.717, 1.165) is 6.08 Å². The lowest BCUT2D eigenvalue weighted by Crippen LogP contribution is -2.57. The van der Waals surface area contributed by atoms with Gasteiger partial charge in [0, 0.05) is 13.1 Å². The van der Waals surface area contributed by atoms with Gasteiger partial charge in [0.25, 0.3) is 5.91 Å². The number of aliphatic hydroxyl groups is 1. The van der Waals surface area contributed by atoms with E-state index >= 15 is 0 Å². The Balaban J connectivity index is 2.14. The Morgan fingerprint density at radius 2 is 1.70 bits per heavy atom. The molecule has 1 aliphatic rings. The van der Waals surface area contributed by atoms with Gasteiger partial charge in [0.2, 0.25) is 0 Å². The molecule has 1 N–H and O–H groups in total. The Kier molecular flexibility index (Phi) is 5.09. The largest absolute Gasteiger partial charge is 0.389 e. The minimum absolute atomic E-state index is 0.0282. The number of rotatable bonds is 5. The van der Waals surface area contributed by atoms with E-state index in [1.54, 1.807) is 30.3 Å². The first-order valence-corrected chi connectivity index (χ1v) is 7.23. The van der Waals surface area contributed by atoms with E-state index in [4.69, 9.17) is 0 Å². The summed E-state index contributed by atoms with van der Waals surface area (Å²) in [6.07, 6.45) is -0.0901. The van der Waals surface area contributed by atoms with Crippen molar-refractivity contribution in [2.45, 2.75) is 30.8 Å². The number of amides is 1.